The first kappa shape index (κ1) is 15.1. The molecule has 0 atom stereocenters. The van der Waals surface area contributed by atoms with Crippen LogP contribution in [0.15, 0.2) is 35.6 Å². The van der Waals surface area contributed by atoms with Gasteiger partial charge in [-0.15, -0.1) is 0 Å². The number of anilines is 1. The van der Waals surface area contributed by atoms with Crippen LogP contribution in [0, 0.1) is 17.1 Å². The van der Waals surface area contributed by atoms with Crippen molar-refractivity contribution in [2.75, 3.05) is 4.72 Å². The number of benzene rings is 1. The Morgan fingerprint density at radius 3 is 2.91 bits per heavy atom. The average molecular weight is 333 g/mol. The third kappa shape index (κ3) is 2.53. The number of sulfonamides is 1. The molecule has 23 heavy (non-hydrogen) atoms. The topological polar surface area (TPSA) is 104 Å². The number of nitriles is 1. The zero-order valence-electron chi connectivity index (χ0n) is 12.0. The molecule has 2 aromatic heterocycles. The highest BCUT2D eigenvalue weighted by atomic mass is 32.2. The molecule has 0 radical (unpaired) electrons. The number of H-pyrrole nitrogens is 1. The van der Waals surface area contributed by atoms with E-state index in [9.17, 15) is 12.8 Å². The van der Waals surface area contributed by atoms with Crippen molar-refractivity contribution in [2.24, 2.45) is 0 Å². The summed E-state index contributed by atoms with van der Waals surface area (Å²) in [7, 11) is -3.86. The van der Waals surface area contributed by atoms with Gasteiger partial charge in [0.15, 0.2) is 0 Å². The molecule has 118 valence electrons. The first-order chi connectivity index (χ1) is 11.0. The van der Waals surface area contributed by atoms with Gasteiger partial charge < -0.3 is 4.98 Å². The molecule has 1 aromatic carbocycles. The van der Waals surface area contributed by atoms with Crippen LogP contribution in [0.2, 0.25) is 0 Å². The largest absolute Gasteiger partial charge is 0.358 e. The summed E-state index contributed by atoms with van der Waals surface area (Å²) < 4.78 is 42.6. The smallest absolute Gasteiger partial charge is 0.265 e. The van der Waals surface area contributed by atoms with Crippen molar-refractivity contribution in [3.8, 4) is 6.07 Å². The fourth-order valence-electron chi connectivity index (χ4n) is 2.24. The molecule has 9 heteroatoms. The number of aryl methyl sites for hydroxylation is 1. The lowest BCUT2D eigenvalue weighted by Gasteiger charge is -2.08. The SMILES string of the molecule is CCn1cc(S(=O)(=O)Nc2ccc(F)c3c(C#N)c[nH]c23)cn1. The molecule has 0 fully saturated rings. The molecule has 2 heterocycles. The maximum atomic E-state index is 13.9. The third-order valence-electron chi connectivity index (χ3n) is 3.39. The van der Waals surface area contributed by atoms with Crippen LogP contribution in [0.25, 0.3) is 10.9 Å². The van der Waals surface area contributed by atoms with E-state index in [1.165, 1.54) is 29.3 Å². The molecular formula is C14H12FN5O2S. The van der Waals surface area contributed by atoms with Gasteiger partial charge in [0, 0.05) is 18.9 Å². The van der Waals surface area contributed by atoms with E-state index in [4.69, 9.17) is 5.26 Å². The summed E-state index contributed by atoms with van der Waals surface area (Å²) in [5.74, 6) is -0.598. The molecule has 7 nitrogen and oxygen atoms in total. The van der Waals surface area contributed by atoms with E-state index >= 15 is 0 Å². The average Bonchev–Trinajstić information content (AvgIpc) is 3.16. The van der Waals surface area contributed by atoms with Gasteiger partial charge in [0.1, 0.15) is 16.8 Å². The monoisotopic (exact) mass is 333 g/mol. The van der Waals surface area contributed by atoms with Gasteiger partial charge >= 0.3 is 0 Å². The molecule has 3 rings (SSSR count). The van der Waals surface area contributed by atoms with Crippen molar-refractivity contribution in [1.82, 2.24) is 14.8 Å². The number of hydrogen-bond acceptors (Lipinski definition) is 4. The molecular weight excluding hydrogens is 321 g/mol. The fraction of sp³-hybridized carbons (Fsp3) is 0.143. The van der Waals surface area contributed by atoms with Crippen molar-refractivity contribution in [3.63, 3.8) is 0 Å². The van der Waals surface area contributed by atoms with Crippen LogP contribution >= 0.6 is 0 Å². The lowest BCUT2D eigenvalue weighted by atomic mass is 10.1. The van der Waals surface area contributed by atoms with Crippen LogP contribution in [-0.4, -0.2) is 23.2 Å². The van der Waals surface area contributed by atoms with Crippen LogP contribution in [0.3, 0.4) is 0 Å². The number of nitrogens with zero attached hydrogens (tertiary/aromatic N) is 3. The van der Waals surface area contributed by atoms with Gasteiger partial charge in [-0.25, -0.2) is 12.8 Å². The molecule has 3 aromatic rings. The van der Waals surface area contributed by atoms with E-state index < -0.39 is 15.8 Å². The summed E-state index contributed by atoms with van der Waals surface area (Å²) in [5, 5.41) is 13.0. The molecule has 2 N–H and O–H groups in total. The molecule has 0 saturated heterocycles. The first-order valence-corrected chi connectivity index (χ1v) is 8.19. The predicted octanol–water partition coefficient (Wildman–Crippen LogP) is 2.20. The van der Waals surface area contributed by atoms with Crippen LogP contribution in [0.1, 0.15) is 12.5 Å². The Bertz CT molecular complexity index is 1030. The number of aromatic amines is 1. The minimum Gasteiger partial charge on any atom is -0.358 e. The number of fused-ring (bicyclic) bond motifs is 1. The Hall–Kier alpha value is -2.86. The lowest BCUT2D eigenvalue weighted by molar-refractivity contribution is 0.600. The second-order valence-electron chi connectivity index (χ2n) is 4.80. The molecule has 0 amide bonds. The molecule has 0 bridgehead atoms. The molecule has 0 unspecified atom stereocenters. The molecule has 0 spiro atoms. The highest BCUT2D eigenvalue weighted by Crippen LogP contribution is 2.29. The van der Waals surface area contributed by atoms with Gasteiger partial charge in [0.05, 0.1) is 28.4 Å². The van der Waals surface area contributed by atoms with E-state index in [1.54, 1.807) is 0 Å². The first-order valence-electron chi connectivity index (χ1n) is 6.71. The number of nitrogens with one attached hydrogen (secondary N) is 2. The normalized spacial score (nSPS) is 11.5. The summed E-state index contributed by atoms with van der Waals surface area (Å²) in [4.78, 5) is 2.73. The van der Waals surface area contributed by atoms with Crippen molar-refractivity contribution in [3.05, 3.63) is 42.1 Å². The Morgan fingerprint density at radius 1 is 1.48 bits per heavy atom. The summed E-state index contributed by atoms with van der Waals surface area (Å²) in [6.07, 6.45) is 3.97. The minimum atomic E-state index is -3.86. The number of hydrogen-bond donors (Lipinski definition) is 2. The van der Waals surface area contributed by atoms with E-state index in [0.29, 0.717) is 6.54 Å². The van der Waals surface area contributed by atoms with Gasteiger partial charge in [-0.3, -0.25) is 9.40 Å². The highest BCUT2D eigenvalue weighted by Gasteiger charge is 2.20. The van der Waals surface area contributed by atoms with Gasteiger partial charge in [-0.05, 0) is 19.1 Å². The lowest BCUT2D eigenvalue weighted by Crippen LogP contribution is -2.12. The summed E-state index contributed by atoms with van der Waals surface area (Å²) in [5.41, 5.74) is 0.484. The number of aromatic nitrogens is 3. The number of halogens is 1. The standard InChI is InChI=1S/C14H12FN5O2S/c1-2-20-8-10(7-18-20)23(21,22)19-12-4-3-11(15)13-9(5-16)6-17-14(12)13/h3-4,6-8,17,19H,2H2,1H3. The van der Waals surface area contributed by atoms with Crippen molar-refractivity contribution < 1.29 is 12.8 Å². The van der Waals surface area contributed by atoms with Crippen molar-refractivity contribution >= 4 is 26.6 Å². The molecule has 0 saturated carbocycles. The van der Waals surface area contributed by atoms with Crippen LogP contribution in [-0.2, 0) is 16.6 Å². The second-order valence-corrected chi connectivity index (χ2v) is 6.48. The molecule has 0 aliphatic rings. The number of rotatable bonds is 4. The molecule has 0 aliphatic carbocycles. The van der Waals surface area contributed by atoms with Crippen molar-refractivity contribution in [2.45, 2.75) is 18.4 Å². The third-order valence-corrected chi connectivity index (χ3v) is 4.71. The highest BCUT2D eigenvalue weighted by molar-refractivity contribution is 7.92. The van der Waals surface area contributed by atoms with Crippen LogP contribution < -0.4 is 4.72 Å². The van der Waals surface area contributed by atoms with E-state index in [-0.39, 0.29) is 27.0 Å². The van der Waals surface area contributed by atoms with E-state index in [2.05, 4.69) is 14.8 Å². The maximum absolute atomic E-state index is 13.9. The molecule has 0 aliphatic heterocycles. The van der Waals surface area contributed by atoms with Crippen LogP contribution in [0.5, 0.6) is 0 Å². The Kier molecular flexibility index (Phi) is 3.54. The zero-order valence-corrected chi connectivity index (χ0v) is 12.9. The van der Waals surface area contributed by atoms with Crippen LogP contribution in [0.4, 0.5) is 10.1 Å². The van der Waals surface area contributed by atoms with Gasteiger partial charge in [0.25, 0.3) is 10.0 Å². The minimum absolute atomic E-state index is 0.00360. The second kappa shape index (κ2) is 5.40. The van der Waals surface area contributed by atoms with Gasteiger partial charge in [-0.1, -0.05) is 0 Å². The Labute approximate surface area is 131 Å². The summed E-state index contributed by atoms with van der Waals surface area (Å²) in [6.45, 7) is 2.38. The van der Waals surface area contributed by atoms with E-state index in [0.717, 1.165) is 6.07 Å². The Morgan fingerprint density at radius 2 is 2.26 bits per heavy atom. The maximum Gasteiger partial charge on any atom is 0.265 e. The van der Waals surface area contributed by atoms with Crippen molar-refractivity contribution in [1.29, 1.82) is 5.26 Å². The quantitative estimate of drug-likeness (QED) is 0.763. The van der Waals surface area contributed by atoms with E-state index in [1.807, 2.05) is 13.0 Å². The van der Waals surface area contributed by atoms with Gasteiger partial charge in [0.2, 0.25) is 0 Å². The fourth-order valence-corrected chi connectivity index (χ4v) is 3.26. The van der Waals surface area contributed by atoms with Gasteiger partial charge in [-0.2, -0.15) is 10.4 Å². The zero-order chi connectivity index (χ0) is 16.6. The summed E-state index contributed by atoms with van der Waals surface area (Å²) >= 11 is 0. The summed E-state index contributed by atoms with van der Waals surface area (Å²) in [6, 6.07) is 4.28. The Balaban J connectivity index is 2.06. The predicted molar refractivity (Wildman–Crippen MR) is 81.7 cm³/mol.